The number of amidine groups is 1. The average Bonchev–Trinajstić information content (AvgIpc) is 2.27. The zero-order chi connectivity index (χ0) is 13.8. The van der Waals surface area contributed by atoms with Crippen molar-refractivity contribution in [3.05, 3.63) is 30.1 Å². The molecule has 96 valence electrons. The second-order valence-electron chi connectivity index (χ2n) is 3.37. The number of nitrogens with zero attached hydrogens (tertiary/aromatic N) is 3. The van der Waals surface area contributed by atoms with Gasteiger partial charge in [-0.2, -0.15) is 13.2 Å². The lowest BCUT2D eigenvalue weighted by atomic mass is 10.2. The number of nitrogen functional groups attached to an aromatic ring is 1. The van der Waals surface area contributed by atoms with Crippen molar-refractivity contribution in [2.45, 2.75) is 13.1 Å². The van der Waals surface area contributed by atoms with E-state index in [1.807, 2.05) is 0 Å². The quantitative estimate of drug-likeness (QED) is 0.653. The van der Waals surface area contributed by atoms with Gasteiger partial charge in [0.05, 0.1) is 5.69 Å². The van der Waals surface area contributed by atoms with Crippen LogP contribution in [0.15, 0.2) is 34.4 Å². The minimum absolute atomic E-state index is 0.280. The van der Waals surface area contributed by atoms with Crippen LogP contribution in [-0.4, -0.2) is 23.7 Å². The Labute approximate surface area is 102 Å². The zero-order valence-corrected chi connectivity index (χ0v) is 9.57. The number of halogens is 3. The highest BCUT2D eigenvalue weighted by Crippen LogP contribution is 2.19. The topological polar surface area (TPSA) is 63.6 Å². The maximum Gasteiger partial charge on any atom is 0.451 e. The summed E-state index contributed by atoms with van der Waals surface area (Å²) in [4.78, 5) is 10.0. The first-order chi connectivity index (χ1) is 8.34. The Balaban J connectivity index is 3.03. The first-order valence-electron chi connectivity index (χ1n) is 4.86. The highest BCUT2D eigenvalue weighted by atomic mass is 19.4. The van der Waals surface area contributed by atoms with E-state index in [0.29, 0.717) is 11.3 Å². The molecule has 0 radical (unpaired) electrons. The largest absolute Gasteiger partial charge is 0.451 e. The van der Waals surface area contributed by atoms with Crippen LogP contribution in [0.1, 0.15) is 12.6 Å². The second-order valence-corrected chi connectivity index (χ2v) is 3.37. The molecular weight excluding hydrogens is 245 g/mol. The van der Waals surface area contributed by atoms with Crippen molar-refractivity contribution < 1.29 is 13.2 Å². The number of hydrogen-bond acceptors (Lipinski definition) is 3. The van der Waals surface area contributed by atoms with Gasteiger partial charge in [-0.3, -0.25) is 0 Å². The van der Waals surface area contributed by atoms with Crippen LogP contribution in [0.25, 0.3) is 5.57 Å². The van der Waals surface area contributed by atoms with Crippen LogP contribution in [0.3, 0.4) is 0 Å². The van der Waals surface area contributed by atoms with E-state index in [1.54, 1.807) is 25.1 Å². The molecule has 1 heterocycles. The Morgan fingerprint density at radius 2 is 2.11 bits per heavy atom. The lowest BCUT2D eigenvalue weighted by Crippen LogP contribution is -2.20. The summed E-state index contributed by atoms with van der Waals surface area (Å²) in [6.45, 7) is 4.40. The maximum atomic E-state index is 12.3. The van der Waals surface area contributed by atoms with Gasteiger partial charge in [-0.1, -0.05) is 6.07 Å². The minimum atomic E-state index is -4.62. The second kappa shape index (κ2) is 5.44. The summed E-state index contributed by atoms with van der Waals surface area (Å²) < 4.78 is 36.9. The van der Waals surface area contributed by atoms with Gasteiger partial charge in [0.1, 0.15) is 5.82 Å². The highest BCUT2D eigenvalue weighted by Gasteiger charge is 2.35. The molecular formula is C11H11F3N4. The number of aliphatic imine (C=N–C) groups is 2. The number of rotatable bonds is 2. The molecule has 0 saturated carbocycles. The fourth-order valence-electron chi connectivity index (χ4n) is 1.10. The van der Waals surface area contributed by atoms with Gasteiger partial charge in [0.25, 0.3) is 0 Å². The zero-order valence-electron chi connectivity index (χ0n) is 9.57. The molecule has 0 fully saturated rings. The van der Waals surface area contributed by atoms with Crippen LogP contribution < -0.4 is 5.73 Å². The summed E-state index contributed by atoms with van der Waals surface area (Å²) in [5.41, 5.74) is 6.35. The molecule has 0 spiro atoms. The van der Waals surface area contributed by atoms with Crippen LogP contribution in [0, 0.1) is 0 Å². The molecule has 1 rings (SSSR count). The minimum Gasteiger partial charge on any atom is -0.384 e. The van der Waals surface area contributed by atoms with Crippen LogP contribution in [0.5, 0.6) is 0 Å². The van der Waals surface area contributed by atoms with E-state index in [9.17, 15) is 13.2 Å². The van der Waals surface area contributed by atoms with Gasteiger partial charge in [0, 0.05) is 6.20 Å². The first-order valence-corrected chi connectivity index (χ1v) is 4.86. The van der Waals surface area contributed by atoms with E-state index in [2.05, 4.69) is 21.7 Å². The molecule has 4 nitrogen and oxygen atoms in total. The normalized spacial score (nSPS) is 13.6. The van der Waals surface area contributed by atoms with E-state index in [-0.39, 0.29) is 5.82 Å². The van der Waals surface area contributed by atoms with Crippen molar-refractivity contribution in [2.75, 3.05) is 5.73 Å². The van der Waals surface area contributed by atoms with Crippen molar-refractivity contribution >= 4 is 23.9 Å². The number of pyridine rings is 1. The molecule has 7 heteroatoms. The Morgan fingerprint density at radius 3 is 2.61 bits per heavy atom. The number of nitrogens with two attached hydrogens (primary N) is 1. The highest BCUT2D eigenvalue weighted by molar-refractivity contribution is 5.91. The Morgan fingerprint density at radius 1 is 1.44 bits per heavy atom. The third-order valence-electron chi connectivity index (χ3n) is 1.96. The van der Waals surface area contributed by atoms with Crippen molar-refractivity contribution in [3.8, 4) is 0 Å². The lowest BCUT2D eigenvalue weighted by molar-refractivity contribution is -0.0596. The predicted octanol–water partition coefficient (Wildman–Crippen LogP) is 2.69. The lowest BCUT2D eigenvalue weighted by Gasteiger charge is -2.04. The summed E-state index contributed by atoms with van der Waals surface area (Å²) in [5, 5.41) is 0. The van der Waals surface area contributed by atoms with Crippen molar-refractivity contribution in [2.24, 2.45) is 9.98 Å². The number of hydrogen-bond donors (Lipinski definition) is 1. The molecule has 0 atom stereocenters. The molecule has 0 aliphatic heterocycles. The van der Waals surface area contributed by atoms with Gasteiger partial charge in [-0.05, 0) is 31.3 Å². The molecule has 18 heavy (non-hydrogen) atoms. The van der Waals surface area contributed by atoms with Crippen LogP contribution in [0.2, 0.25) is 0 Å². The molecule has 0 aliphatic carbocycles. The summed E-state index contributed by atoms with van der Waals surface area (Å²) in [7, 11) is 0. The van der Waals surface area contributed by atoms with Crippen molar-refractivity contribution in [3.63, 3.8) is 0 Å². The van der Waals surface area contributed by atoms with Gasteiger partial charge < -0.3 is 5.73 Å². The van der Waals surface area contributed by atoms with Crippen LogP contribution in [-0.2, 0) is 0 Å². The van der Waals surface area contributed by atoms with Gasteiger partial charge in [-0.25, -0.2) is 15.0 Å². The summed E-state index contributed by atoms with van der Waals surface area (Å²) in [6, 6.07) is 4.84. The standard InChI is InChI=1S/C11H11F3N4/c1-7(8-4-3-5-9(15)18-8)6-17-10(16-2)11(12,13)14/h3-6H,2H2,1H3,(H2,15,18)/b7-6+,17-10-. The molecule has 0 amide bonds. The van der Waals surface area contributed by atoms with Crippen LogP contribution in [0.4, 0.5) is 19.0 Å². The molecule has 1 aromatic heterocycles. The van der Waals surface area contributed by atoms with Gasteiger partial charge in [0.2, 0.25) is 5.84 Å². The molecule has 0 unspecified atom stereocenters. The fourth-order valence-corrected chi connectivity index (χ4v) is 1.10. The fraction of sp³-hybridized carbons (Fsp3) is 0.182. The average molecular weight is 256 g/mol. The maximum absolute atomic E-state index is 12.3. The number of aromatic nitrogens is 1. The summed E-state index contributed by atoms with van der Waals surface area (Å²) >= 11 is 0. The van der Waals surface area contributed by atoms with E-state index in [0.717, 1.165) is 6.20 Å². The number of anilines is 1. The van der Waals surface area contributed by atoms with Crippen molar-refractivity contribution in [1.82, 2.24) is 4.98 Å². The molecule has 1 aromatic rings. The van der Waals surface area contributed by atoms with E-state index >= 15 is 0 Å². The van der Waals surface area contributed by atoms with E-state index in [4.69, 9.17) is 5.73 Å². The van der Waals surface area contributed by atoms with Gasteiger partial charge >= 0.3 is 6.18 Å². The van der Waals surface area contributed by atoms with Gasteiger partial charge in [-0.15, -0.1) is 0 Å². The van der Waals surface area contributed by atoms with Gasteiger partial charge in [0.15, 0.2) is 0 Å². The predicted molar refractivity (Wildman–Crippen MR) is 65.3 cm³/mol. The molecule has 0 bridgehead atoms. The first kappa shape index (κ1) is 13.9. The third kappa shape index (κ3) is 3.69. The molecule has 2 N–H and O–H groups in total. The monoisotopic (exact) mass is 256 g/mol. The number of alkyl halides is 3. The Kier molecular flexibility index (Phi) is 4.19. The Hall–Kier alpha value is -2.18. The smallest absolute Gasteiger partial charge is 0.384 e. The Bertz CT molecular complexity index is 503. The third-order valence-corrected chi connectivity index (χ3v) is 1.96. The summed E-state index contributed by atoms with van der Waals surface area (Å²) in [6.07, 6.45) is -3.60. The van der Waals surface area contributed by atoms with Crippen LogP contribution >= 0.6 is 0 Å². The molecule has 0 aromatic carbocycles. The number of allylic oxidation sites excluding steroid dienone is 1. The molecule has 0 aliphatic rings. The van der Waals surface area contributed by atoms with E-state index < -0.39 is 12.0 Å². The van der Waals surface area contributed by atoms with E-state index in [1.165, 1.54) is 0 Å². The summed E-state index contributed by atoms with van der Waals surface area (Å²) in [5.74, 6) is -1.02. The SMILES string of the molecule is C=N/C(=N\C=C(/C)c1cccc(N)n1)C(F)(F)F. The van der Waals surface area contributed by atoms with Crippen molar-refractivity contribution in [1.29, 1.82) is 0 Å². The molecule has 0 saturated heterocycles.